The van der Waals surface area contributed by atoms with Crippen LogP contribution in [0.1, 0.15) is 34.8 Å². The minimum Gasteiger partial charge on any atom is -0.454 e. The van der Waals surface area contributed by atoms with Crippen molar-refractivity contribution < 1.29 is 18.7 Å². The van der Waals surface area contributed by atoms with Crippen molar-refractivity contribution in [1.29, 1.82) is 0 Å². The van der Waals surface area contributed by atoms with Gasteiger partial charge in [0.15, 0.2) is 11.5 Å². The molecule has 0 aliphatic carbocycles. The monoisotopic (exact) mass is 462 g/mol. The van der Waals surface area contributed by atoms with Gasteiger partial charge >= 0.3 is 0 Å². The summed E-state index contributed by atoms with van der Waals surface area (Å²) in [6.07, 6.45) is 2.19. The van der Waals surface area contributed by atoms with Gasteiger partial charge in [-0.2, -0.15) is 5.10 Å². The van der Waals surface area contributed by atoms with Crippen molar-refractivity contribution in [2.24, 2.45) is 13.0 Å². The van der Waals surface area contributed by atoms with Crippen LogP contribution in [0.3, 0.4) is 0 Å². The fourth-order valence-corrected chi connectivity index (χ4v) is 5.63. The molecule has 1 aromatic heterocycles. The molecule has 7 nitrogen and oxygen atoms in total. The molecule has 5 heterocycles. The fraction of sp³-hybridized carbons (Fsp3) is 0.385. The first kappa shape index (κ1) is 21.2. The number of ether oxygens (including phenoxy) is 2. The molecule has 4 atom stereocenters. The Hall–Kier alpha value is -3.39. The maximum absolute atomic E-state index is 13.3. The van der Waals surface area contributed by atoms with Gasteiger partial charge in [0.2, 0.25) is 6.79 Å². The number of nitrogens with zero attached hydrogens (tertiary/aromatic N) is 3. The van der Waals surface area contributed by atoms with Gasteiger partial charge in [0.1, 0.15) is 5.82 Å². The average Bonchev–Trinajstić information content (AvgIpc) is 3.49. The predicted octanol–water partition coefficient (Wildman–Crippen LogP) is 3.56. The van der Waals surface area contributed by atoms with Gasteiger partial charge in [-0.15, -0.1) is 0 Å². The molecule has 4 aliphatic heterocycles. The van der Waals surface area contributed by atoms with Crippen molar-refractivity contribution in [2.75, 3.05) is 26.4 Å². The van der Waals surface area contributed by atoms with E-state index in [1.807, 2.05) is 11.7 Å². The number of fused-ring (bicyclic) bond motifs is 4. The molecule has 8 heteroatoms. The number of rotatable bonds is 5. The first-order valence-corrected chi connectivity index (χ1v) is 11.8. The number of carbonyl (C=O) groups excluding carboxylic acids is 1. The SMILES string of the molecule is Cn1nc(-c2ccc(F)cc2)cc1[C@@H]1CN2CC[C@H]1C[C@@H]2CNC(=O)c1ccc2c(c1)OCO2. The molecule has 3 fully saturated rings. The van der Waals surface area contributed by atoms with Crippen molar-refractivity contribution in [3.63, 3.8) is 0 Å². The number of aromatic nitrogens is 2. The Labute approximate surface area is 197 Å². The van der Waals surface area contributed by atoms with Gasteiger partial charge in [-0.1, -0.05) is 0 Å². The maximum Gasteiger partial charge on any atom is 0.251 e. The zero-order valence-electron chi connectivity index (χ0n) is 19.0. The van der Waals surface area contributed by atoms with Gasteiger partial charge in [0.05, 0.1) is 5.69 Å². The van der Waals surface area contributed by atoms with E-state index in [4.69, 9.17) is 14.6 Å². The third-order valence-electron chi connectivity index (χ3n) is 7.45. The van der Waals surface area contributed by atoms with E-state index in [-0.39, 0.29) is 18.5 Å². The van der Waals surface area contributed by atoms with Crippen LogP contribution < -0.4 is 14.8 Å². The maximum atomic E-state index is 13.3. The number of piperidine rings is 3. The van der Waals surface area contributed by atoms with Crippen LogP contribution in [0.2, 0.25) is 0 Å². The summed E-state index contributed by atoms with van der Waals surface area (Å²) in [5.41, 5.74) is 3.60. The van der Waals surface area contributed by atoms with Crippen LogP contribution in [0.25, 0.3) is 11.3 Å². The largest absolute Gasteiger partial charge is 0.454 e. The van der Waals surface area contributed by atoms with Gasteiger partial charge < -0.3 is 14.8 Å². The molecule has 1 unspecified atom stereocenters. The van der Waals surface area contributed by atoms with E-state index in [0.717, 1.165) is 37.2 Å². The predicted molar refractivity (Wildman–Crippen MR) is 124 cm³/mol. The first-order chi connectivity index (χ1) is 16.5. The molecule has 3 aromatic rings. The summed E-state index contributed by atoms with van der Waals surface area (Å²) in [5, 5.41) is 7.82. The van der Waals surface area contributed by atoms with E-state index in [2.05, 4.69) is 16.3 Å². The zero-order chi connectivity index (χ0) is 23.2. The number of amides is 1. The van der Waals surface area contributed by atoms with Crippen LogP contribution in [-0.4, -0.2) is 53.1 Å². The molecule has 0 radical (unpaired) electrons. The highest BCUT2D eigenvalue weighted by molar-refractivity contribution is 5.95. The van der Waals surface area contributed by atoms with Crippen LogP contribution in [0.4, 0.5) is 4.39 Å². The molecule has 4 aliphatic rings. The summed E-state index contributed by atoms with van der Waals surface area (Å²) in [7, 11) is 1.99. The lowest BCUT2D eigenvalue weighted by Crippen LogP contribution is -2.56. The topological polar surface area (TPSA) is 68.6 Å². The van der Waals surface area contributed by atoms with Gasteiger partial charge in [-0.05, 0) is 73.8 Å². The molecule has 2 bridgehead atoms. The van der Waals surface area contributed by atoms with Gasteiger partial charge in [0.25, 0.3) is 5.91 Å². The Morgan fingerprint density at radius 2 is 1.97 bits per heavy atom. The Balaban J connectivity index is 1.11. The summed E-state index contributed by atoms with van der Waals surface area (Å²) in [4.78, 5) is 15.2. The summed E-state index contributed by atoms with van der Waals surface area (Å²) in [5.74, 6) is 1.92. The highest BCUT2D eigenvalue weighted by Gasteiger charge is 2.42. The minimum absolute atomic E-state index is 0.0897. The van der Waals surface area contributed by atoms with E-state index in [1.54, 1.807) is 30.3 Å². The first-order valence-electron chi connectivity index (χ1n) is 11.8. The second kappa shape index (κ2) is 8.43. The van der Waals surface area contributed by atoms with Crippen molar-refractivity contribution in [1.82, 2.24) is 20.0 Å². The van der Waals surface area contributed by atoms with Crippen LogP contribution in [-0.2, 0) is 7.05 Å². The Kier molecular flexibility index (Phi) is 5.25. The van der Waals surface area contributed by atoms with Crippen molar-refractivity contribution >= 4 is 5.91 Å². The van der Waals surface area contributed by atoms with Gasteiger partial charge in [-0.25, -0.2) is 4.39 Å². The Bertz CT molecular complexity index is 1230. The highest BCUT2D eigenvalue weighted by atomic mass is 19.1. The summed E-state index contributed by atoms with van der Waals surface area (Å²) < 4.78 is 26.0. The molecule has 1 amide bonds. The smallest absolute Gasteiger partial charge is 0.251 e. The lowest BCUT2D eigenvalue weighted by molar-refractivity contribution is 0.0280. The summed E-state index contributed by atoms with van der Waals surface area (Å²) in [6.45, 7) is 2.83. The zero-order valence-corrected chi connectivity index (χ0v) is 19.0. The number of halogens is 1. The fourth-order valence-electron chi connectivity index (χ4n) is 5.63. The molecular weight excluding hydrogens is 435 g/mol. The number of nitrogens with one attached hydrogen (secondary N) is 1. The number of aryl methyl sites for hydroxylation is 1. The highest BCUT2D eigenvalue weighted by Crippen LogP contribution is 2.42. The van der Waals surface area contributed by atoms with Crippen LogP contribution in [0, 0.1) is 11.7 Å². The average molecular weight is 463 g/mol. The number of benzene rings is 2. The van der Waals surface area contributed by atoms with Crippen molar-refractivity contribution in [2.45, 2.75) is 24.8 Å². The Morgan fingerprint density at radius 1 is 1.15 bits per heavy atom. The molecule has 7 rings (SSSR count). The lowest BCUT2D eigenvalue weighted by atomic mass is 9.74. The third kappa shape index (κ3) is 3.81. The summed E-state index contributed by atoms with van der Waals surface area (Å²) >= 11 is 0. The standard InChI is InChI=1S/C26H27FN4O3/c1-30-23(12-22(29-30)16-2-5-19(27)6-3-16)21-14-31-9-8-17(21)10-20(31)13-28-26(32)18-4-7-24-25(11-18)34-15-33-24/h2-7,11-12,17,20-21H,8-10,13-15H2,1H3,(H,28,32)/t17-,20+,21+/m0/s1. The Morgan fingerprint density at radius 3 is 2.76 bits per heavy atom. The molecule has 3 saturated heterocycles. The normalized spacial score (nSPS) is 24.9. The van der Waals surface area contributed by atoms with E-state index >= 15 is 0 Å². The molecule has 2 aromatic carbocycles. The van der Waals surface area contributed by atoms with Crippen molar-refractivity contribution in [3.05, 3.63) is 65.6 Å². The van der Waals surface area contributed by atoms with Crippen LogP contribution in [0.15, 0.2) is 48.5 Å². The van der Waals surface area contributed by atoms with Crippen LogP contribution >= 0.6 is 0 Å². The number of carbonyl (C=O) groups is 1. The minimum atomic E-state index is -0.242. The van der Waals surface area contributed by atoms with E-state index in [9.17, 15) is 9.18 Å². The molecular formula is C26H27FN4O3. The second-order valence-electron chi connectivity index (χ2n) is 9.40. The molecule has 1 N–H and O–H groups in total. The van der Waals surface area contributed by atoms with E-state index in [0.29, 0.717) is 41.5 Å². The van der Waals surface area contributed by atoms with Gasteiger partial charge in [-0.3, -0.25) is 14.4 Å². The van der Waals surface area contributed by atoms with E-state index in [1.165, 1.54) is 17.8 Å². The van der Waals surface area contributed by atoms with Crippen LogP contribution in [0.5, 0.6) is 11.5 Å². The summed E-state index contributed by atoms with van der Waals surface area (Å²) in [6, 6.07) is 14.3. The third-order valence-corrected chi connectivity index (χ3v) is 7.45. The van der Waals surface area contributed by atoms with Crippen molar-refractivity contribution in [3.8, 4) is 22.8 Å². The second-order valence-corrected chi connectivity index (χ2v) is 9.40. The number of hydrogen-bond donors (Lipinski definition) is 1. The lowest BCUT2D eigenvalue weighted by Gasteiger charge is -2.50. The molecule has 0 spiro atoms. The molecule has 176 valence electrons. The van der Waals surface area contributed by atoms with Gasteiger partial charge in [0, 0.05) is 48.9 Å². The quantitative estimate of drug-likeness (QED) is 0.628. The number of hydrogen-bond acceptors (Lipinski definition) is 5. The molecule has 0 saturated carbocycles. The molecule has 34 heavy (non-hydrogen) atoms. The van der Waals surface area contributed by atoms with E-state index < -0.39 is 0 Å².